The summed E-state index contributed by atoms with van der Waals surface area (Å²) in [5.41, 5.74) is 0.576. The van der Waals surface area contributed by atoms with Crippen molar-refractivity contribution >= 4 is 0 Å². The standard InChI is InChI=1S/C14H28N2/c1-5-14(8-6-9-14)16-10-7-13(15-4)11(2)12(16)3/h11-13,15H,5-10H2,1-4H3. The van der Waals surface area contributed by atoms with Gasteiger partial charge in [-0.25, -0.2) is 0 Å². The van der Waals surface area contributed by atoms with Gasteiger partial charge in [0.1, 0.15) is 0 Å². The third-order valence-corrected chi connectivity index (χ3v) is 5.49. The fourth-order valence-corrected chi connectivity index (χ4v) is 3.87. The molecule has 0 aromatic carbocycles. The Bertz CT molecular complexity index is 229. The van der Waals surface area contributed by atoms with Crippen LogP contribution in [0.1, 0.15) is 52.9 Å². The summed E-state index contributed by atoms with van der Waals surface area (Å²) in [6.45, 7) is 8.52. The molecule has 1 heterocycles. The van der Waals surface area contributed by atoms with E-state index in [1.54, 1.807) is 0 Å². The molecule has 1 N–H and O–H groups in total. The van der Waals surface area contributed by atoms with Gasteiger partial charge in [-0.3, -0.25) is 4.90 Å². The SMILES string of the molecule is CCC1(N2CCC(NC)C(C)C2C)CCC1. The molecule has 0 aromatic rings. The molecule has 0 bridgehead atoms. The highest BCUT2D eigenvalue weighted by atomic mass is 15.3. The molecule has 2 fully saturated rings. The third-order valence-electron chi connectivity index (χ3n) is 5.49. The maximum atomic E-state index is 3.48. The average molecular weight is 224 g/mol. The summed E-state index contributed by atoms with van der Waals surface area (Å²) < 4.78 is 0. The lowest BCUT2D eigenvalue weighted by Crippen LogP contribution is -2.63. The maximum absolute atomic E-state index is 3.48. The highest BCUT2D eigenvalue weighted by Gasteiger charge is 2.46. The lowest BCUT2D eigenvalue weighted by atomic mass is 9.70. The summed E-state index contributed by atoms with van der Waals surface area (Å²) in [5.74, 6) is 0.780. The minimum atomic E-state index is 0.576. The number of piperidine rings is 1. The van der Waals surface area contributed by atoms with Gasteiger partial charge in [0, 0.05) is 24.2 Å². The molecular weight excluding hydrogens is 196 g/mol. The first-order chi connectivity index (χ1) is 7.64. The minimum Gasteiger partial charge on any atom is -0.317 e. The van der Waals surface area contributed by atoms with Gasteiger partial charge in [-0.1, -0.05) is 13.8 Å². The maximum Gasteiger partial charge on any atom is 0.0210 e. The third kappa shape index (κ3) is 1.80. The molecule has 16 heavy (non-hydrogen) atoms. The zero-order chi connectivity index (χ0) is 11.8. The van der Waals surface area contributed by atoms with Crippen molar-refractivity contribution in [2.45, 2.75) is 70.5 Å². The zero-order valence-corrected chi connectivity index (χ0v) is 11.4. The van der Waals surface area contributed by atoms with Crippen LogP contribution in [0.15, 0.2) is 0 Å². The summed E-state index contributed by atoms with van der Waals surface area (Å²) in [6, 6.07) is 1.46. The molecule has 0 aromatic heterocycles. The van der Waals surface area contributed by atoms with E-state index in [1.165, 1.54) is 38.6 Å². The largest absolute Gasteiger partial charge is 0.317 e. The van der Waals surface area contributed by atoms with Gasteiger partial charge >= 0.3 is 0 Å². The van der Waals surface area contributed by atoms with E-state index < -0.39 is 0 Å². The fourth-order valence-electron chi connectivity index (χ4n) is 3.87. The molecule has 0 spiro atoms. The van der Waals surface area contributed by atoms with Crippen LogP contribution < -0.4 is 5.32 Å². The fraction of sp³-hybridized carbons (Fsp3) is 1.00. The Balaban J connectivity index is 2.07. The van der Waals surface area contributed by atoms with Crippen molar-refractivity contribution in [2.75, 3.05) is 13.6 Å². The van der Waals surface area contributed by atoms with Gasteiger partial charge in [-0.15, -0.1) is 0 Å². The van der Waals surface area contributed by atoms with Gasteiger partial charge in [0.25, 0.3) is 0 Å². The van der Waals surface area contributed by atoms with E-state index in [2.05, 4.69) is 38.0 Å². The number of rotatable bonds is 3. The Hall–Kier alpha value is -0.0800. The highest BCUT2D eigenvalue weighted by molar-refractivity contribution is 5.02. The first-order valence-corrected chi connectivity index (χ1v) is 7.08. The quantitative estimate of drug-likeness (QED) is 0.793. The molecule has 1 aliphatic carbocycles. The summed E-state index contributed by atoms with van der Waals surface area (Å²) in [5, 5.41) is 3.48. The molecule has 2 rings (SSSR count). The van der Waals surface area contributed by atoms with Crippen molar-refractivity contribution in [1.29, 1.82) is 0 Å². The lowest BCUT2D eigenvalue weighted by Gasteiger charge is -2.57. The van der Waals surface area contributed by atoms with Crippen molar-refractivity contribution in [1.82, 2.24) is 10.2 Å². The molecule has 3 atom stereocenters. The second-order valence-corrected chi connectivity index (χ2v) is 5.91. The summed E-state index contributed by atoms with van der Waals surface area (Å²) in [7, 11) is 2.11. The summed E-state index contributed by atoms with van der Waals surface area (Å²) >= 11 is 0. The number of likely N-dealkylation sites (tertiary alicyclic amines) is 1. The number of hydrogen-bond acceptors (Lipinski definition) is 2. The van der Waals surface area contributed by atoms with E-state index in [-0.39, 0.29) is 0 Å². The number of hydrogen-bond donors (Lipinski definition) is 1. The van der Waals surface area contributed by atoms with E-state index in [4.69, 9.17) is 0 Å². The van der Waals surface area contributed by atoms with Gasteiger partial charge in [-0.05, 0) is 52.0 Å². The minimum absolute atomic E-state index is 0.576. The molecule has 1 saturated heterocycles. The monoisotopic (exact) mass is 224 g/mol. The van der Waals surface area contributed by atoms with Crippen LogP contribution in [0.5, 0.6) is 0 Å². The Labute approximate surface area is 101 Å². The van der Waals surface area contributed by atoms with Crippen molar-refractivity contribution in [3.8, 4) is 0 Å². The average Bonchev–Trinajstić information content (AvgIpc) is 2.23. The van der Waals surface area contributed by atoms with Gasteiger partial charge in [0.05, 0.1) is 0 Å². The predicted molar refractivity (Wildman–Crippen MR) is 69.7 cm³/mol. The Morgan fingerprint density at radius 3 is 2.44 bits per heavy atom. The van der Waals surface area contributed by atoms with Gasteiger partial charge in [0.2, 0.25) is 0 Å². The molecule has 3 unspecified atom stereocenters. The van der Waals surface area contributed by atoms with Crippen LogP contribution in [0.2, 0.25) is 0 Å². The van der Waals surface area contributed by atoms with Crippen molar-refractivity contribution < 1.29 is 0 Å². The Morgan fingerprint density at radius 1 is 1.31 bits per heavy atom. The van der Waals surface area contributed by atoms with E-state index in [1.807, 2.05) is 0 Å². The van der Waals surface area contributed by atoms with Crippen LogP contribution in [0, 0.1) is 5.92 Å². The highest BCUT2D eigenvalue weighted by Crippen LogP contribution is 2.44. The molecule has 94 valence electrons. The predicted octanol–water partition coefficient (Wildman–Crippen LogP) is 2.64. The second-order valence-electron chi connectivity index (χ2n) is 5.91. The Morgan fingerprint density at radius 2 is 2.00 bits per heavy atom. The molecule has 2 heteroatoms. The molecular formula is C14H28N2. The van der Waals surface area contributed by atoms with Crippen LogP contribution in [0.3, 0.4) is 0 Å². The van der Waals surface area contributed by atoms with Crippen LogP contribution in [0.4, 0.5) is 0 Å². The number of nitrogens with zero attached hydrogens (tertiary/aromatic N) is 1. The molecule has 2 aliphatic rings. The van der Waals surface area contributed by atoms with Crippen LogP contribution in [0.25, 0.3) is 0 Å². The van der Waals surface area contributed by atoms with Crippen LogP contribution in [-0.2, 0) is 0 Å². The molecule has 0 amide bonds. The van der Waals surface area contributed by atoms with Crippen molar-refractivity contribution in [3.05, 3.63) is 0 Å². The summed E-state index contributed by atoms with van der Waals surface area (Å²) in [6.07, 6.45) is 6.98. The lowest BCUT2D eigenvalue weighted by molar-refractivity contribution is -0.0578. The number of nitrogens with one attached hydrogen (secondary N) is 1. The molecule has 0 radical (unpaired) electrons. The molecule has 1 saturated carbocycles. The van der Waals surface area contributed by atoms with Crippen molar-refractivity contribution in [3.63, 3.8) is 0 Å². The van der Waals surface area contributed by atoms with Gasteiger partial charge in [0.15, 0.2) is 0 Å². The second kappa shape index (κ2) is 4.66. The van der Waals surface area contributed by atoms with E-state index >= 15 is 0 Å². The van der Waals surface area contributed by atoms with Gasteiger partial charge < -0.3 is 5.32 Å². The summed E-state index contributed by atoms with van der Waals surface area (Å²) in [4.78, 5) is 2.83. The topological polar surface area (TPSA) is 15.3 Å². The Kier molecular flexibility index (Phi) is 3.60. The smallest absolute Gasteiger partial charge is 0.0210 e. The first-order valence-electron chi connectivity index (χ1n) is 7.08. The normalized spacial score (nSPS) is 39.4. The zero-order valence-electron chi connectivity index (χ0n) is 11.4. The van der Waals surface area contributed by atoms with Gasteiger partial charge in [-0.2, -0.15) is 0 Å². The van der Waals surface area contributed by atoms with Crippen LogP contribution in [-0.4, -0.2) is 36.1 Å². The van der Waals surface area contributed by atoms with E-state index in [0.29, 0.717) is 5.54 Å². The van der Waals surface area contributed by atoms with E-state index in [9.17, 15) is 0 Å². The van der Waals surface area contributed by atoms with Crippen molar-refractivity contribution in [2.24, 2.45) is 5.92 Å². The van der Waals surface area contributed by atoms with E-state index in [0.717, 1.165) is 18.0 Å². The molecule has 1 aliphatic heterocycles. The molecule has 2 nitrogen and oxygen atoms in total. The first kappa shape index (κ1) is 12.4. The van der Waals surface area contributed by atoms with Crippen LogP contribution >= 0.6 is 0 Å².